The molecule has 4 aromatic rings. The van der Waals surface area contributed by atoms with Crippen LogP contribution in [0.25, 0.3) is 5.88 Å². The van der Waals surface area contributed by atoms with Gasteiger partial charge in [0.1, 0.15) is 28.7 Å². The van der Waals surface area contributed by atoms with Crippen molar-refractivity contribution in [2.24, 2.45) is 0 Å². The molecule has 0 radical (unpaired) electrons. The highest BCUT2D eigenvalue weighted by molar-refractivity contribution is 7.92. The predicted octanol–water partition coefficient (Wildman–Crippen LogP) is 4.62. The molecule has 0 saturated carbocycles. The van der Waals surface area contributed by atoms with Gasteiger partial charge in [0.25, 0.3) is 15.9 Å². The summed E-state index contributed by atoms with van der Waals surface area (Å²) in [6, 6.07) is 16.6. The van der Waals surface area contributed by atoms with E-state index in [9.17, 15) is 18.5 Å². The molecule has 2 aromatic heterocycles. The summed E-state index contributed by atoms with van der Waals surface area (Å²) < 4.78 is 41.0. The lowest BCUT2D eigenvalue weighted by atomic mass is 10.1. The highest BCUT2D eigenvalue weighted by atomic mass is 32.2. The first kappa shape index (κ1) is 23.7. The topological polar surface area (TPSA) is 126 Å². The summed E-state index contributed by atoms with van der Waals surface area (Å²) >= 11 is 0. The van der Waals surface area contributed by atoms with Crippen molar-refractivity contribution in [2.75, 3.05) is 17.1 Å². The third-order valence-corrected chi connectivity index (χ3v) is 6.84. The Balaban J connectivity index is 1.62. The van der Waals surface area contributed by atoms with Crippen LogP contribution in [0.2, 0.25) is 0 Å². The minimum Gasteiger partial charge on any atom is -0.497 e. The SMILES string of the molecule is COc1ccc(NS(=O)(=O)c2cc(NC(=O)c3c(C)oc(-n4cccc4)c3C#N)ccc2C)cc1. The summed E-state index contributed by atoms with van der Waals surface area (Å²) in [5.41, 5.74) is 1.28. The van der Waals surface area contributed by atoms with E-state index in [1.807, 2.05) is 6.07 Å². The Morgan fingerprint density at radius 3 is 2.34 bits per heavy atom. The molecule has 1 amide bonds. The molecule has 9 nitrogen and oxygen atoms in total. The number of sulfonamides is 1. The van der Waals surface area contributed by atoms with Crippen LogP contribution < -0.4 is 14.8 Å². The number of furan rings is 1. The maximum Gasteiger partial charge on any atom is 0.262 e. The van der Waals surface area contributed by atoms with Crippen LogP contribution in [0.5, 0.6) is 5.75 Å². The number of benzene rings is 2. The molecule has 0 spiro atoms. The monoisotopic (exact) mass is 490 g/mol. The number of nitrogens with one attached hydrogen (secondary N) is 2. The van der Waals surface area contributed by atoms with E-state index in [4.69, 9.17) is 9.15 Å². The van der Waals surface area contributed by atoms with Crippen LogP contribution in [0.1, 0.15) is 27.2 Å². The third-order valence-electron chi connectivity index (χ3n) is 5.32. The molecule has 10 heteroatoms. The number of hydrogen-bond donors (Lipinski definition) is 2. The summed E-state index contributed by atoms with van der Waals surface area (Å²) in [6.07, 6.45) is 3.40. The fourth-order valence-electron chi connectivity index (χ4n) is 3.59. The second-order valence-electron chi connectivity index (χ2n) is 7.68. The van der Waals surface area contributed by atoms with Crippen molar-refractivity contribution in [3.63, 3.8) is 0 Å². The molecule has 2 N–H and O–H groups in total. The normalized spacial score (nSPS) is 11.0. The van der Waals surface area contributed by atoms with Crippen LogP contribution in [0, 0.1) is 25.2 Å². The molecule has 2 heterocycles. The molecule has 0 aliphatic rings. The largest absolute Gasteiger partial charge is 0.497 e. The smallest absolute Gasteiger partial charge is 0.262 e. The van der Waals surface area contributed by atoms with E-state index in [-0.39, 0.29) is 33.4 Å². The number of carbonyl (C=O) groups is 1. The van der Waals surface area contributed by atoms with Gasteiger partial charge in [-0.3, -0.25) is 14.1 Å². The number of methoxy groups -OCH3 is 1. The number of ether oxygens (including phenoxy) is 1. The van der Waals surface area contributed by atoms with Gasteiger partial charge < -0.3 is 14.5 Å². The third kappa shape index (κ3) is 4.76. The van der Waals surface area contributed by atoms with Crippen molar-refractivity contribution in [3.8, 4) is 17.7 Å². The van der Waals surface area contributed by atoms with Gasteiger partial charge in [-0.2, -0.15) is 5.26 Å². The van der Waals surface area contributed by atoms with Crippen LogP contribution in [0.3, 0.4) is 0 Å². The minimum absolute atomic E-state index is 0.00331. The van der Waals surface area contributed by atoms with Crippen molar-refractivity contribution in [1.82, 2.24) is 4.57 Å². The fraction of sp³-hybridized carbons (Fsp3) is 0.120. The number of aromatic nitrogens is 1. The highest BCUT2D eigenvalue weighted by Crippen LogP contribution is 2.28. The van der Waals surface area contributed by atoms with E-state index in [0.29, 0.717) is 17.0 Å². The van der Waals surface area contributed by atoms with Crippen molar-refractivity contribution >= 4 is 27.3 Å². The maximum atomic E-state index is 13.1. The van der Waals surface area contributed by atoms with Crippen molar-refractivity contribution < 1.29 is 22.4 Å². The van der Waals surface area contributed by atoms with Gasteiger partial charge in [0.05, 0.1) is 12.0 Å². The Kier molecular flexibility index (Phi) is 6.36. The average Bonchev–Trinajstić information content (AvgIpc) is 3.48. The molecular formula is C25H22N4O5S. The van der Waals surface area contributed by atoms with E-state index in [2.05, 4.69) is 10.0 Å². The number of nitrogens with zero attached hydrogens (tertiary/aromatic N) is 2. The number of rotatable bonds is 7. The molecular weight excluding hydrogens is 468 g/mol. The summed E-state index contributed by atoms with van der Waals surface area (Å²) in [6.45, 7) is 3.25. The molecule has 2 aromatic carbocycles. The molecule has 4 rings (SSSR count). The molecule has 0 bridgehead atoms. The number of nitriles is 1. The minimum atomic E-state index is -3.95. The molecule has 0 saturated heterocycles. The lowest BCUT2D eigenvalue weighted by Gasteiger charge is -2.13. The number of hydrogen-bond acceptors (Lipinski definition) is 6. The van der Waals surface area contributed by atoms with Crippen molar-refractivity contribution in [2.45, 2.75) is 18.7 Å². The Morgan fingerprint density at radius 2 is 1.71 bits per heavy atom. The van der Waals surface area contributed by atoms with Crippen molar-refractivity contribution in [1.29, 1.82) is 5.26 Å². The molecule has 0 fully saturated rings. The van der Waals surface area contributed by atoms with E-state index in [0.717, 1.165) is 0 Å². The zero-order valence-electron chi connectivity index (χ0n) is 19.2. The van der Waals surface area contributed by atoms with Gasteiger partial charge in [0, 0.05) is 23.8 Å². The molecule has 0 atom stereocenters. The van der Waals surface area contributed by atoms with Gasteiger partial charge in [-0.25, -0.2) is 8.42 Å². The average molecular weight is 491 g/mol. The van der Waals surface area contributed by atoms with Gasteiger partial charge in [0.2, 0.25) is 5.88 Å². The van der Waals surface area contributed by atoms with Gasteiger partial charge in [0.15, 0.2) is 0 Å². The Bertz CT molecular complexity index is 1530. The van der Waals surface area contributed by atoms with E-state index < -0.39 is 15.9 Å². The first-order valence-corrected chi connectivity index (χ1v) is 12.0. The van der Waals surface area contributed by atoms with Crippen LogP contribution in [-0.2, 0) is 10.0 Å². The molecule has 35 heavy (non-hydrogen) atoms. The number of carbonyl (C=O) groups excluding carboxylic acids is 1. The summed E-state index contributed by atoms with van der Waals surface area (Å²) in [7, 11) is -2.43. The predicted molar refractivity (Wildman–Crippen MR) is 130 cm³/mol. The first-order valence-electron chi connectivity index (χ1n) is 10.5. The first-order chi connectivity index (χ1) is 16.7. The highest BCUT2D eigenvalue weighted by Gasteiger charge is 2.25. The fourth-order valence-corrected chi connectivity index (χ4v) is 4.92. The zero-order valence-corrected chi connectivity index (χ0v) is 20.0. The van der Waals surface area contributed by atoms with Gasteiger partial charge >= 0.3 is 0 Å². The quantitative estimate of drug-likeness (QED) is 0.389. The lowest BCUT2D eigenvalue weighted by molar-refractivity contribution is 0.102. The Morgan fingerprint density at radius 1 is 1.06 bits per heavy atom. The zero-order chi connectivity index (χ0) is 25.2. The molecule has 178 valence electrons. The van der Waals surface area contributed by atoms with Crippen LogP contribution in [-0.4, -0.2) is 26.0 Å². The number of anilines is 2. The second-order valence-corrected chi connectivity index (χ2v) is 9.33. The lowest BCUT2D eigenvalue weighted by Crippen LogP contribution is -2.17. The second kappa shape index (κ2) is 9.40. The van der Waals surface area contributed by atoms with E-state index >= 15 is 0 Å². The summed E-state index contributed by atoms with van der Waals surface area (Å²) in [4.78, 5) is 13.1. The van der Waals surface area contributed by atoms with Crippen molar-refractivity contribution in [3.05, 3.63) is 89.4 Å². The van der Waals surface area contributed by atoms with Crippen LogP contribution in [0.4, 0.5) is 11.4 Å². The molecule has 0 aliphatic heterocycles. The molecule has 0 aliphatic carbocycles. The standard InChI is InChI=1S/C25H22N4O5S/c1-16-6-7-19(14-22(16)35(31,32)28-18-8-10-20(33-3)11-9-18)27-24(30)23-17(2)34-25(21(23)15-26)29-12-4-5-13-29/h4-14,28H,1-3H3,(H,27,30). The van der Waals surface area contributed by atoms with Crippen LogP contribution >= 0.6 is 0 Å². The van der Waals surface area contributed by atoms with Gasteiger partial charge in [-0.1, -0.05) is 6.07 Å². The van der Waals surface area contributed by atoms with E-state index in [1.54, 1.807) is 79.3 Å². The molecule has 0 unspecified atom stereocenters. The van der Waals surface area contributed by atoms with Crippen LogP contribution in [0.15, 0.2) is 76.3 Å². The number of aryl methyl sites for hydroxylation is 2. The van der Waals surface area contributed by atoms with Gasteiger partial charge in [-0.05, 0) is 67.9 Å². The summed E-state index contributed by atoms with van der Waals surface area (Å²) in [5.74, 6) is 0.511. The van der Waals surface area contributed by atoms with Gasteiger partial charge in [-0.15, -0.1) is 0 Å². The summed E-state index contributed by atoms with van der Waals surface area (Å²) in [5, 5.41) is 12.4. The maximum absolute atomic E-state index is 13.1. The van der Waals surface area contributed by atoms with E-state index in [1.165, 1.54) is 13.2 Å². The number of amides is 1. The Labute approximate surface area is 202 Å². The Hall–Kier alpha value is -4.49.